The number of aliphatic imine (C=N–C) groups is 1. The van der Waals surface area contributed by atoms with E-state index in [4.69, 9.17) is 4.84 Å². The van der Waals surface area contributed by atoms with Crippen molar-refractivity contribution in [1.29, 1.82) is 0 Å². The van der Waals surface area contributed by atoms with Crippen molar-refractivity contribution in [3.63, 3.8) is 0 Å². The fourth-order valence-electron chi connectivity index (χ4n) is 3.16. The number of nitrogens with one attached hydrogen (secondary N) is 1. The Bertz CT molecular complexity index is 1110. The van der Waals surface area contributed by atoms with Crippen molar-refractivity contribution in [2.24, 2.45) is 10.1 Å². The molecule has 1 amide bonds. The molecule has 30 heavy (non-hydrogen) atoms. The van der Waals surface area contributed by atoms with Gasteiger partial charge in [0, 0.05) is 29.1 Å². The molecule has 2 aromatic rings. The fourth-order valence-corrected chi connectivity index (χ4v) is 3.16. The number of Topliss-reactive ketones (excluding diaryl/α,β-unsaturated/α-hetero) is 1. The average molecular weight is 403 g/mol. The van der Waals surface area contributed by atoms with Crippen molar-refractivity contribution >= 4 is 29.4 Å². The summed E-state index contributed by atoms with van der Waals surface area (Å²) in [5.41, 5.74) is 3.03. The number of carbonyl (C=O) groups excluding carboxylic acids is 2. The van der Waals surface area contributed by atoms with Crippen LogP contribution in [0.3, 0.4) is 0 Å². The lowest BCUT2D eigenvalue weighted by atomic mass is 9.93. The number of anilines is 1. The summed E-state index contributed by atoms with van der Waals surface area (Å²) < 4.78 is 0. The highest BCUT2D eigenvalue weighted by molar-refractivity contribution is 6.49. The van der Waals surface area contributed by atoms with E-state index in [1.807, 2.05) is 25.1 Å². The van der Waals surface area contributed by atoms with Gasteiger partial charge in [-0.1, -0.05) is 17.3 Å². The van der Waals surface area contributed by atoms with Crippen LogP contribution in [0.5, 0.6) is 0 Å². The van der Waals surface area contributed by atoms with Crippen LogP contribution in [0.4, 0.5) is 5.82 Å². The van der Waals surface area contributed by atoms with Crippen LogP contribution in [-0.2, 0) is 14.4 Å². The molecule has 0 fully saturated rings. The quantitative estimate of drug-likeness (QED) is 0.844. The number of amides is 1. The zero-order chi connectivity index (χ0) is 21.3. The summed E-state index contributed by atoms with van der Waals surface area (Å²) >= 11 is 0. The van der Waals surface area contributed by atoms with Crippen LogP contribution in [0.15, 0.2) is 52.5 Å². The third-order valence-corrected chi connectivity index (χ3v) is 4.98. The molecule has 8 nitrogen and oxygen atoms in total. The first-order chi connectivity index (χ1) is 14.3. The first-order valence-corrected chi connectivity index (χ1v) is 9.61. The molecular formula is C22H21N5O3. The molecule has 0 bridgehead atoms. The summed E-state index contributed by atoms with van der Waals surface area (Å²) in [6.45, 7) is 5.33. The lowest BCUT2D eigenvalue weighted by Crippen LogP contribution is -2.33. The fraction of sp³-hybridized carbons (Fsp3) is 0.273. The van der Waals surface area contributed by atoms with Gasteiger partial charge in [-0.2, -0.15) is 0 Å². The van der Waals surface area contributed by atoms with Crippen LogP contribution in [0.2, 0.25) is 0 Å². The van der Waals surface area contributed by atoms with Crippen molar-refractivity contribution in [2.75, 3.05) is 5.32 Å². The summed E-state index contributed by atoms with van der Waals surface area (Å²) in [4.78, 5) is 42.8. The Hall–Kier alpha value is -3.68. The minimum Gasteiger partial charge on any atom is -0.381 e. The lowest BCUT2D eigenvalue weighted by molar-refractivity contribution is -0.128. The van der Waals surface area contributed by atoms with Gasteiger partial charge in [-0.3, -0.25) is 19.6 Å². The van der Waals surface area contributed by atoms with Crippen LogP contribution < -0.4 is 5.32 Å². The number of hydrogen-bond donors (Lipinski definition) is 1. The summed E-state index contributed by atoms with van der Waals surface area (Å²) in [5, 5.41) is 6.70. The van der Waals surface area contributed by atoms with Gasteiger partial charge in [0.15, 0.2) is 17.1 Å². The Kier molecular flexibility index (Phi) is 4.99. The predicted octanol–water partition coefficient (Wildman–Crippen LogP) is 3.22. The summed E-state index contributed by atoms with van der Waals surface area (Å²) in [6.07, 6.45) is 7.84. The third kappa shape index (κ3) is 3.76. The van der Waals surface area contributed by atoms with E-state index in [0.717, 1.165) is 17.5 Å². The molecule has 0 saturated heterocycles. The van der Waals surface area contributed by atoms with E-state index < -0.39 is 5.60 Å². The maximum atomic E-state index is 12.5. The zero-order valence-corrected chi connectivity index (χ0v) is 17.0. The van der Waals surface area contributed by atoms with Crippen LogP contribution in [0, 0.1) is 6.92 Å². The number of oxime groups is 1. The number of ketones is 1. The molecule has 1 aromatic heterocycles. The van der Waals surface area contributed by atoms with Gasteiger partial charge in [0.2, 0.25) is 5.78 Å². The number of aromatic nitrogens is 2. The second kappa shape index (κ2) is 7.62. The molecule has 0 unspecified atom stereocenters. The molecular weight excluding hydrogens is 382 g/mol. The molecule has 2 aliphatic heterocycles. The molecule has 4 rings (SSSR count). The van der Waals surface area contributed by atoms with Crippen molar-refractivity contribution in [3.05, 3.63) is 53.5 Å². The van der Waals surface area contributed by atoms with Gasteiger partial charge >= 0.3 is 0 Å². The second-order valence-corrected chi connectivity index (χ2v) is 7.67. The molecule has 0 spiro atoms. The number of aryl methyl sites for hydroxylation is 1. The number of nitrogens with zero attached hydrogens (tertiary/aromatic N) is 4. The van der Waals surface area contributed by atoms with Crippen LogP contribution in [0.25, 0.3) is 11.3 Å². The minimum atomic E-state index is -0.959. The maximum Gasteiger partial charge on any atom is 0.254 e. The average Bonchev–Trinajstić information content (AvgIpc) is 3.02. The van der Waals surface area contributed by atoms with E-state index in [0.29, 0.717) is 34.8 Å². The molecule has 0 atom stereocenters. The van der Waals surface area contributed by atoms with Crippen molar-refractivity contribution in [3.8, 4) is 11.3 Å². The first-order valence-electron chi connectivity index (χ1n) is 9.61. The van der Waals surface area contributed by atoms with E-state index in [9.17, 15) is 9.59 Å². The van der Waals surface area contributed by atoms with Gasteiger partial charge in [-0.15, -0.1) is 0 Å². The molecule has 3 heterocycles. The lowest BCUT2D eigenvalue weighted by Gasteiger charge is -2.12. The topological polar surface area (TPSA) is 106 Å². The van der Waals surface area contributed by atoms with Crippen molar-refractivity contribution in [1.82, 2.24) is 9.97 Å². The van der Waals surface area contributed by atoms with Gasteiger partial charge in [0.1, 0.15) is 0 Å². The Morgan fingerprint density at radius 2 is 2.03 bits per heavy atom. The van der Waals surface area contributed by atoms with E-state index in [1.165, 1.54) is 6.20 Å². The molecule has 0 saturated carbocycles. The van der Waals surface area contributed by atoms with Gasteiger partial charge in [-0.05, 0) is 45.2 Å². The predicted molar refractivity (Wildman–Crippen MR) is 113 cm³/mol. The molecule has 1 aromatic carbocycles. The highest BCUT2D eigenvalue weighted by Crippen LogP contribution is 2.27. The van der Waals surface area contributed by atoms with Crippen LogP contribution in [-0.4, -0.2) is 39.2 Å². The summed E-state index contributed by atoms with van der Waals surface area (Å²) in [6, 6.07) is 5.59. The van der Waals surface area contributed by atoms with Crippen molar-refractivity contribution in [2.45, 2.75) is 39.2 Å². The standard InChI is InChI=1S/C22H21N5O3/c1-13-6-7-14(19-20(28)22(2,3)30-27-19)9-16(13)17-11-25-18(12-24-17)26-21(29)15-5-4-8-23-10-15/h6-12H,4-5H2,1-3H3,(H,25,26,29). The van der Waals surface area contributed by atoms with Gasteiger partial charge in [0.05, 0.1) is 18.1 Å². The van der Waals surface area contributed by atoms with Crippen LogP contribution >= 0.6 is 0 Å². The van der Waals surface area contributed by atoms with E-state index in [2.05, 4.69) is 25.4 Å². The summed E-state index contributed by atoms with van der Waals surface area (Å²) in [5.74, 6) is -0.0336. The van der Waals surface area contributed by atoms with E-state index in [-0.39, 0.29) is 11.7 Å². The SMILES string of the molecule is Cc1ccc(C2=NOC(C)(C)C2=O)cc1-c1cnc(NC(=O)C2=CN=CCC2)cn1. The normalized spacial score (nSPS) is 17.2. The Labute approximate surface area is 173 Å². The number of benzene rings is 1. The molecule has 8 heteroatoms. The van der Waals surface area contributed by atoms with Gasteiger partial charge < -0.3 is 10.2 Å². The molecule has 0 radical (unpaired) electrons. The van der Waals surface area contributed by atoms with Gasteiger partial charge in [0.25, 0.3) is 5.91 Å². The Morgan fingerprint density at radius 1 is 1.20 bits per heavy atom. The zero-order valence-electron chi connectivity index (χ0n) is 17.0. The summed E-state index contributed by atoms with van der Waals surface area (Å²) in [7, 11) is 0. The maximum absolute atomic E-state index is 12.5. The highest BCUT2D eigenvalue weighted by Gasteiger charge is 2.40. The number of rotatable bonds is 4. The first kappa shape index (κ1) is 19.6. The number of hydrogen-bond acceptors (Lipinski definition) is 7. The molecule has 152 valence electrons. The van der Waals surface area contributed by atoms with Gasteiger partial charge in [-0.25, -0.2) is 4.98 Å². The Morgan fingerprint density at radius 3 is 2.67 bits per heavy atom. The smallest absolute Gasteiger partial charge is 0.254 e. The monoisotopic (exact) mass is 403 g/mol. The molecule has 0 aliphatic carbocycles. The molecule has 2 aliphatic rings. The van der Waals surface area contributed by atoms with E-state index >= 15 is 0 Å². The van der Waals surface area contributed by atoms with Crippen LogP contribution in [0.1, 0.15) is 37.8 Å². The highest BCUT2D eigenvalue weighted by atomic mass is 16.7. The Balaban J connectivity index is 1.56. The minimum absolute atomic E-state index is 0.164. The number of carbonyl (C=O) groups is 2. The van der Waals surface area contributed by atoms with Crippen molar-refractivity contribution < 1.29 is 14.4 Å². The van der Waals surface area contributed by atoms with E-state index in [1.54, 1.807) is 32.5 Å². The second-order valence-electron chi connectivity index (χ2n) is 7.67. The largest absolute Gasteiger partial charge is 0.381 e. The molecule has 1 N–H and O–H groups in total. The third-order valence-electron chi connectivity index (χ3n) is 4.98.